The van der Waals surface area contributed by atoms with Gasteiger partial charge in [0.1, 0.15) is 0 Å². The summed E-state index contributed by atoms with van der Waals surface area (Å²) in [4.78, 5) is 13.2. The van der Waals surface area contributed by atoms with Gasteiger partial charge < -0.3 is 14.7 Å². The predicted octanol–water partition coefficient (Wildman–Crippen LogP) is 0.780. The van der Waals surface area contributed by atoms with Crippen molar-refractivity contribution < 1.29 is 14.6 Å². The van der Waals surface area contributed by atoms with Crippen LogP contribution in [0.1, 0.15) is 22.1 Å². The smallest absolute Gasteiger partial charge is 0.256 e. The first-order chi connectivity index (χ1) is 7.25. The Morgan fingerprint density at radius 2 is 2.20 bits per heavy atom. The minimum absolute atomic E-state index is 0.129. The number of rotatable bonds is 3. The monoisotopic (exact) mass is 207 g/mol. The molecular weight excluding hydrogens is 194 g/mol. The molecule has 1 atom stereocenters. The summed E-state index contributed by atoms with van der Waals surface area (Å²) in [6.07, 6.45) is -0.830. The summed E-state index contributed by atoms with van der Waals surface area (Å²) in [7, 11) is 1.57. The molecule has 0 aromatic heterocycles. The molecular formula is C11H13NO3. The second-order valence-corrected chi connectivity index (χ2v) is 3.45. The van der Waals surface area contributed by atoms with Gasteiger partial charge in [-0.15, -0.1) is 0 Å². The molecule has 0 fully saturated rings. The highest BCUT2D eigenvalue weighted by Gasteiger charge is 2.34. The van der Waals surface area contributed by atoms with E-state index < -0.39 is 6.23 Å². The molecule has 4 nitrogen and oxygen atoms in total. The van der Waals surface area contributed by atoms with Crippen LogP contribution in [0.3, 0.4) is 0 Å². The number of aliphatic hydroxyl groups excluding tert-OH is 1. The van der Waals surface area contributed by atoms with Crippen molar-refractivity contribution in [3.8, 4) is 0 Å². The third-order valence-electron chi connectivity index (χ3n) is 2.56. The lowest BCUT2D eigenvalue weighted by atomic mass is 10.1. The number of aliphatic hydroxyl groups is 1. The number of carbonyl (C=O) groups excluding carboxylic acids is 1. The molecule has 1 amide bonds. The summed E-state index contributed by atoms with van der Waals surface area (Å²) >= 11 is 0. The van der Waals surface area contributed by atoms with Gasteiger partial charge >= 0.3 is 0 Å². The van der Waals surface area contributed by atoms with Crippen LogP contribution in [0, 0.1) is 0 Å². The molecule has 0 aliphatic carbocycles. The number of ether oxygens (including phenoxy) is 1. The molecule has 1 unspecified atom stereocenters. The molecule has 0 saturated heterocycles. The lowest BCUT2D eigenvalue weighted by Crippen LogP contribution is -2.31. The highest BCUT2D eigenvalue weighted by Crippen LogP contribution is 2.30. The highest BCUT2D eigenvalue weighted by molar-refractivity contribution is 5.98. The Bertz CT molecular complexity index is 378. The Labute approximate surface area is 88.1 Å². The largest absolute Gasteiger partial charge is 0.383 e. The molecule has 4 heteroatoms. The topological polar surface area (TPSA) is 49.8 Å². The van der Waals surface area contributed by atoms with Crippen LogP contribution in [-0.2, 0) is 4.74 Å². The van der Waals surface area contributed by atoms with Crippen molar-refractivity contribution in [3.63, 3.8) is 0 Å². The minimum atomic E-state index is -0.830. The van der Waals surface area contributed by atoms with Gasteiger partial charge in [-0.05, 0) is 6.07 Å². The molecule has 1 heterocycles. The van der Waals surface area contributed by atoms with E-state index in [0.29, 0.717) is 24.3 Å². The molecule has 0 radical (unpaired) electrons. The fourth-order valence-electron chi connectivity index (χ4n) is 1.76. The number of amides is 1. The average molecular weight is 207 g/mol. The third kappa shape index (κ3) is 1.62. The Morgan fingerprint density at radius 1 is 1.47 bits per heavy atom. The van der Waals surface area contributed by atoms with Crippen LogP contribution >= 0.6 is 0 Å². The van der Waals surface area contributed by atoms with E-state index in [9.17, 15) is 9.90 Å². The van der Waals surface area contributed by atoms with Gasteiger partial charge in [-0.25, -0.2) is 0 Å². The Balaban J connectivity index is 2.25. The van der Waals surface area contributed by atoms with E-state index >= 15 is 0 Å². The maximum absolute atomic E-state index is 11.8. The van der Waals surface area contributed by atoms with Crippen molar-refractivity contribution in [2.24, 2.45) is 0 Å². The van der Waals surface area contributed by atoms with Gasteiger partial charge in [-0.3, -0.25) is 4.79 Å². The van der Waals surface area contributed by atoms with E-state index in [2.05, 4.69) is 0 Å². The standard InChI is InChI=1S/C11H13NO3/c1-15-7-6-12-10(13)8-4-2-3-5-9(8)11(12)14/h2-5,10,13H,6-7H2,1H3. The summed E-state index contributed by atoms with van der Waals surface area (Å²) < 4.78 is 4.89. The number of hydrogen-bond acceptors (Lipinski definition) is 3. The van der Waals surface area contributed by atoms with E-state index in [-0.39, 0.29) is 5.91 Å². The van der Waals surface area contributed by atoms with E-state index in [1.165, 1.54) is 4.90 Å². The van der Waals surface area contributed by atoms with E-state index in [1.807, 2.05) is 6.07 Å². The van der Waals surface area contributed by atoms with E-state index in [4.69, 9.17) is 4.74 Å². The van der Waals surface area contributed by atoms with Gasteiger partial charge in [0.2, 0.25) is 0 Å². The van der Waals surface area contributed by atoms with E-state index in [1.54, 1.807) is 25.3 Å². The Kier molecular flexibility index (Phi) is 2.70. The van der Waals surface area contributed by atoms with Gasteiger partial charge in [-0.1, -0.05) is 18.2 Å². The zero-order valence-corrected chi connectivity index (χ0v) is 8.51. The zero-order valence-electron chi connectivity index (χ0n) is 8.51. The summed E-state index contributed by atoms with van der Waals surface area (Å²) in [5.41, 5.74) is 1.26. The molecule has 2 rings (SSSR count). The summed E-state index contributed by atoms with van der Waals surface area (Å²) in [5, 5.41) is 9.89. The minimum Gasteiger partial charge on any atom is -0.383 e. The van der Waals surface area contributed by atoms with Crippen molar-refractivity contribution >= 4 is 5.91 Å². The fraction of sp³-hybridized carbons (Fsp3) is 0.364. The second-order valence-electron chi connectivity index (χ2n) is 3.45. The van der Waals surface area contributed by atoms with Crippen molar-refractivity contribution in [1.29, 1.82) is 0 Å². The van der Waals surface area contributed by atoms with Crippen molar-refractivity contribution in [1.82, 2.24) is 4.90 Å². The first-order valence-corrected chi connectivity index (χ1v) is 4.82. The first-order valence-electron chi connectivity index (χ1n) is 4.82. The van der Waals surface area contributed by atoms with Crippen LogP contribution in [0.5, 0.6) is 0 Å². The molecule has 1 aliphatic rings. The molecule has 0 saturated carbocycles. The van der Waals surface area contributed by atoms with Crippen LogP contribution < -0.4 is 0 Å². The number of nitrogens with zero attached hydrogens (tertiary/aromatic N) is 1. The second kappa shape index (κ2) is 4.00. The summed E-state index contributed by atoms with van der Waals surface area (Å²) in [5.74, 6) is -0.129. The van der Waals surface area contributed by atoms with Crippen LogP contribution in [0.25, 0.3) is 0 Å². The molecule has 15 heavy (non-hydrogen) atoms. The number of benzene rings is 1. The lowest BCUT2D eigenvalue weighted by Gasteiger charge is -2.19. The SMILES string of the molecule is COCCN1C(=O)c2ccccc2C1O. The van der Waals surface area contributed by atoms with Crippen molar-refractivity contribution in [3.05, 3.63) is 35.4 Å². The molecule has 1 aromatic rings. The molecule has 1 aliphatic heterocycles. The molecule has 1 N–H and O–H groups in total. The maximum atomic E-state index is 11.8. The van der Waals surface area contributed by atoms with Gasteiger partial charge in [0.15, 0.2) is 6.23 Å². The maximum Gasteiger partial charge on any atom is 0.256 e. The Hall–Kier alpha value is -1.39. The Morgan fingerprint density at radius 3 is 2.87 bits per heavy atom. The average Bonchev–Trinajstić information content (AvgIpc) is 2.51. The van der Waals surface area contributed by atoms with Gasteiger partial charge in [-0.2, -0.15) is 0 Å². The van der Waals surface area contributed by atoms with E-state index in [0.717, 1.165) is 0 Å². The van der Waals surface area contributed by atoms with Crippen LogP contribution in [-0.4, -0.2) is 36.2 Å². The third-order valence-corrected chi connectivity index (χ3v) is 2.56. The highest BCUT2D eigenvalue weighted by atomic mass is 16.5. The first kappa shape index (κ1) is 10.1. The summed E-state index contributed by atoms with van der Waals surface area (Å²) in [6.45, 7) is 0.835. The zero-order chi connectivity index (χ0) is 10.8. The number of fused-ring (bicyclic) bond motifs is 1. The quantitative estimate of drug-likeness (QED) is 0.796. The lowest BCUT2D eigenvalue weighted by molar-refractivity contribution is 0.00730. The van der Waals surface area contributed by atoms with Crippen molar-refractivity contribution in [2.75, 3.05) is 20.3 Å². The fourth-order valence-corrected chi connectivity index (χ4v) is 1.76. The van der Waals surface area contributed by atoms with Gasteiger partial charge in [0, 0.05) is 24.8 Å². The van der Waals surface area contributed by atoms with Crippen LogP contribution in [0.4, 0.5) is 0 Å². The normalized spacial score (nSPS) is 19.5. The van der Waals surface area contributed by atoms with Gasteiger partial charge in [0.05, 0.1) is 6.61 Å². The number of hydrogen-bond donors (Lipinski definition) is 1. The number of carbonyl (C=O) groups is 1. The van der Waals surface area contributed by atoms with Crippen LogP contribution in [0.15, 0.2) is 24.3 Å². The number of methoxy groups -OCH3 is 1. The van der Waals surface area contributed by atoms with Gasteiger partial charge in [0.25, 0.3) is 5.91 Å². The molecule has 0 spiro atoms. The summed E-state index contributed by atoms with van der Waals surface area (Å²) in [6, 6.07) is 7.11. The molecule has 0 bridgehead atoms. The van der Waals surface area contributed by atoms with Crippen molar-refractivity contribution in [2.45, 2.75) is 6.23 Å². The molecule has 80 valence electrons. The molecule has 1 aromatic carbocycles. The van der Waals surface area contributed by atoms with Crippen LogP contribution in [0.2, 0.25) is 0 Å². The predicted molar refractivity (Wildman–Crippen MR) is 54.3 cm³/mol.